The zero-order valence-electron chi connectivity index (χ0n) is 10.8. The Bertz CT molecular complexity index is 433. The Hall–Kier alpha value is -1.66. The van der Waals surface area contributed by atoms with Gasteiger partial charge in [0.05, 0.1) is 11.5 Å². The van der Waals surface area contributed by atoms with Gasteiger partial charge in [0.1, 0.15) is 5.69 Å². The van der Waals surface area contributed by atoms with E-state index in [9.17, 15) is 10.1 Å². The van der Waals surface area contributed by atoms with Gasteiger partial charge in [-0.05, 0) is 25.5 Å². The quantitative estimate of drug-likeness (QED) is 0.596. The fourth-order valence-electron chi connectivity index (χ4n) is 2.50. The molecule has 2 N–H and O–H groups in total. The molecule has 0 bridgehead atoms. The van der Waals surface area contributed by atoms with Gasteiger partial charge in [0.15, 0.2) is 0 Å². The molecule has 1 saturated heterocycles. The molecule has 0 aromatic heterocycles. The van der Waals surface area contributed by atoms with E-state index in [0.717, 1.165) is 19.4 Å². The molecule has 1 atom stereocenters. The van der Waals surface area contributed by atoms with Gasteiger partial charge in [-0.1, -0.05) is 12.1 Å². The molecule has 0 amide bonds. The van der Waals surface area contributed by atoms with Gasteiger partial charge in [0.2, 0.25) is 0 Å². The first-order chi connectivity index (χ1) is 9.22. The topological polar surface area (TPSA) is 78.6 Å². The molecular weight excluding hydrogens is 246 g/mol. The molecule has 6 heteroatoms. The number of hydrogen-bond acceptors (Lipinski definition) is 5. The van der Waals surface area contributed by atoms with Crippen molar-refractivity contribution in [2.24, 2.45) is 0 Å². The molecule has 2 rings (SSSR count). The molecule has 1 fully saturated rings. The molecule has 1 aromatic rings. The van der Waals surface area contributed by atoms with Gasteiger partial charge in [-0.3, -0.25) is 10.1 Å². The Morgan fingerprint density at radius 3 is 2.89 bits per heavy atom. The van der Waals surface area contributed by atoms with E-state index in [4.69, 9.17) is 5.11 Å². The third-order valence-corrected chi connectivity index (χ3v) is 3.39. The van der Waals surface area contributed by atoms with Gasteiger partial charge in [-0.2, -0.15) is 0 Å². The van der Waals surface area contributed by atoms with Gasteiger partial charge in [0.25, 0.3) is 5.69 Å². The summed E-state index contributed by atoms with van der Waals surface area (Å²) < 4.78 is 0. The molecule has 0 radical (unpaired) electrons. The summed E-state index contributed by atoms with van der Waals surface area (Å²) in [5.74, 6) is 0. The van der Waals surface area contributed by atoms with E-state index in [-0.39, 0.29) is 17.2 Å². The number of nitro benzene ring substituents is 1. The first-order valence-electron chi connectivity index (χ1n) is 6.55. The molecule has 1 heterocycles. The zero-order valence-corrected chi connectivity index (χ0v) is 10.8. The van der Waals surface area contributed by atoms with Crippen molar-refractivity contribution in [1.82, 2.24) is 5.32 Å². The Morgan fingerprint density at radius 1 is 1.47 bits per heavy atom. The number of aliphatic hydroxyl groups excluding tert-OH is 1. The largest absolute Gasteiger partial charge is 0.395 e. The van der Waals surface area contributed by atoms with Crippen molar-refractivity contribution in [3.05, 3.63) is 34.4 Å². The number of nitrogens with zero attached hydrogens (tertiary/aromatic N) is 2. The molecule has 0 saturated carbocycles. The highest BCUT2D eigenvalue weighted by molar-refractivity contribution is 5.63. The summed E-state index contributed by atoms with van der Waals surface area (Å²) in [6.45, 7) is 2.07. The van der Waals surface area contributed by atoms with E-state index >= 15 is 0 Å². The minimum absolute atomic E-state index is 0.0151. The van der Waals surface area contributed by atoms with Crippen LogP contribution in [0.2, 0.25) is 0 Å². The fourth-order valence-corrected chi connectivity index (χ4v) is 2.50. The van der Waals surface area contributed by atoms with Gasteiger partial charge < -0.3 is 15.3 Å². The van der Waals surface area contributed by atoms with E-state index in [1.807, 2.05) is 4.90 Å². The first kappa shape index (κ1) is 13.8. The molecule has 1 aromatic carbocycles. The van der Waals surface area contributed by atoms with Crippen molar-refractivity contribution in [3.63, 3.8) is 0 Å². The number of nitro groups is 1. The lowest BCUT2D eigenvalue weighted by atomic mass is 10.2. The van der Waals surface area contributed by atoms with Crippen LogP contribution in [-0.4, -0.2) is 42.3 Å². The maximum atomic E-state index is 11.1. The predicted octanol–water partition coefficient (Wildman–Crippen LogP) is 1.15. The zero-order chi connectivity index (χ0) is 13.7. The Kier molecular flexibility index (Phi) is 4.70. The summed E-state index contributed by atoms with van der Waals surface area (Å²) in [7, 11) is 0. The van der Waals surface area contributed by atoms with Crippen molar-refractivity contribution < 1.29 is 10.0 Å². The lowest BCUT2D eigenvalue weighted by molar-refractivity contribution is -0.384. The van der Waals surface area contributed by atoms with E-state index < -0.39 is 0 Å². The van der Waals surface area contributed by atoms with Gasteiger partial charge >= 0.3 is 0 Å². The average molecular weight is 265 g/mol. The number of nitrogens with one attached hydrogen (secondary N) is 1. The number of benzene rings is 1. The summed E-state index contributed by atoms with van der Waals surface area (Å²) in [5.41, 5.74) is 0.671. The van der Waals surface area contributed by atoms with Crippen LogP contribution in [0.1, 0.15) is 12.8 Å². The number of hydrogen-bond donors (Lipinski definition) is 2. The van der Waals surface area contributed by atoms with Crippen LogP contribution in [0.5, 0.6) is 0 Å². The Balaban J connectivity index is 2.19. The van der Waals surface area contributed by atoms with Gasteiger partial charge in [-0.25, -0.2) is 0 Å². The van der Waals surface area contributed by atoms with Crippen LogP contribution in [-0.2, 0) is 0 Å². The summed E-state index contributed by atoms with van der Waals surface area (Å²) in [5, 5.41) is 23.6. The van der Waals surface area contributed by atoms with Crippen LogP contribution >= 0.6 is 0 Å². The third kappa shape index (κ3) is 3.42. The molecule has 6 nitrogen and oxygen atoms in total. The van der Waals surface area contributed by atoms with E-state index in [1.54, 1.807) is 18.2 Å². The highest BCUT2D eigenvalue weighted by Crippen LogP contribution is 2.28. The second kappa shape index (κ2) is 6.49. The standard InChI is InChI=1S/C13H19N3O3/c17-9-8-15(10-11-4-3-7-14-11)12-5-1-2-6-13(12)16(18)19/h1-2,5-6,11,14,17H,3-4,7-10H2. The van der Waals surface area contributed by atoms with Gasteiger partial charge in [0, 0.05) is 25.2 Å². The SMILES string of the molecule is O=[N+]([O-])c1ccccc1N(CCO)CC1CCCN1. The first-order valence-corrected chi connectivity index (χ1v) is 6.55. The summed E-state index contributed by atoms with van der Waals surface area (Å²) in [4.78, 5) is 12.6. The highest BCUT2D eigenvalue weighted by Gasteiger charge is 2.22. The Morgan fingerprint density at radius 2 is 2.26 bits per heavy atom. The molecule has 1 aliphatic heterocycles. The Labute approximate surface area is 112 Å². The van der Waals surface area contributed by atoms with Crippen LogP contribution in [0.4, 0.5) is 11.4 Å². The van der Waals surface area contributed by atoms with Crippen molar-refractivity contribution in [3.8, 4) is 0 Å². The normalized spacial score (nSPS) is 18.5. The lowest BCUT2D eigenvalue weighted by Gasteiger charge is -2.26. The molecule has 104 valence electrons. The van der Waals surface area contributed by atoms with Crippen LogP contribution in [0.15, 0.2) is 24.3 Å². The number of rotatable bonds is 6. The van der Waals surface area contributed by atoms with Crippen LogP contribution in [0.3, 0.4) is 0 Å². The van der Waals surface area contributed by atoms with Crippen LogP contribution < -0.4 is 10.2 Å². The maximum absolute atomic E-state index is 11.1. The van der Waals surface area contributed by atoms with E-state index in [1.165, 1.54) is 6.07 Å². The van der Waals surface area contributed by atoms with Crippen molar-refractivity contribution in [2.45, 2.75) is 18.9 Å². The van der Waals surface area contributed by atoms with Crippen LogP contribution in [0.25, 0.3) is 0 Å². The third-order valence-electron chi connectivity index (χ3n) is 3.39. The van der Waals surface area contributed by atoms with Crippen molar-refractivity contribution in [2.75, 3.05) is 31.1 Å². The molecule has 0 spiro atoms. The second-order valence-electron chi connectivity index (χ2n) is 4.71. The minimum Gasteiger partial charge on any atom is -0.395 e. The van der Waals surface area contributed by atoms with E-state index in [0.29, 0.717) is 24.8 Å². The van der Waals surface area contributed by atoms with E-state index in [2.05, 4.69) is 5.32 Å². The molecular formula is C13H19N3O3. The molecule has 1 unspecified atom stereocenters. The molecule has 19 heavy (non-hydrogen) atoms. The second-order valence-corrected chi connectivity index (χ2v) is 4.71. The minimum atomic E-state index is -0.373. The summed E-state index contributed by atoms with van der Waals surface area (Å²) in [6, 6.07) is 7.03. The molecule has 0 aliphatic carbocycles. The summed E-state index contributed by atoms with van der Waals surface area (Å²) in [6.07, 6.45) is 2.21. The molecule has 1 aliphatic rings. The predicted molar refractivity (Wildman–Crippen MR) is 73.4 cm³/mol. The fraction of sp³-hybridized carbons (Fsp3) is 0.538. The number of aliphatic hydroxyl groups is 1. The smallest absolute Gasteiger partial charge is 0.292 e. The lowest BCUT2D eigenvalue weighted by Crippen LogP contribution is -2.39. The summed E-state index contributed by atoms with van der Waals surface area (Å²) >= 11 is 0. The van der Waals surface area contributed by atoms with Gasteiger partial charge in [-0.15, -0.1) is 0 Å². The van der Waals surface area contributed by atoms with Crippen LogP contribution in [0, 0.1) is 10.1 Å². The monoisotopic (exact) mass is 265 g/mol. The number of para-hydroxylation sites is 2. The van der Waals surface area contributed by atoms with Crippen molar-refractivity contribution in [1.29, 1.82) is 0 Å². The highest BCUT2D eigenvalue weighted by atomic mass is 16.6. The van der Waals surface area contributed by atoms with Crippen molar-refractivity contribution >= 4 is 11.4 Å². The number of anilines is 1. The average Bonchev–Trinajstić information content (AvgIpc) is 2.91. The maximum Gasteiger partial charge on any atom is 0.292 e.